The average molecular weight is 270 g/mol. The van der Waals surface area contributed by atoms with Crippen molar-refractivity contribution in [2.24, 2.45) is 7.05 Å². The smallest absolute Gasteiger partial charge is 0.130 e. The molecule has 0 fully saturated rings. The van der Waals surface area contributed by atoms with Crippen molar-refractivity contribution < 1.29 is 9.84 Å². The molecule has 4 nitrogen and oxygen atoms in total. The van der Waals surface area contributed by atoms with Crippen LogP contribution in [0.25, 0.3) is 0 Å². The van der Waals surface area contributed by atoms with E-state index in [0.717, 1.165) is 29.1 Å². The molecule has 0 saturated heterocycles. The lowest BCUT2D eigenvalue weighted by Gasteiger charge is -2.06. The summed E-state index contributed by atoms with van der Waals surface area (Å²) in [6, 6.07) is 9.57. The molecule has 2 aromatic rings. The minimum Gasteiger partial charge on any atom is -0.487 e. The van der Waals surface area contributed by atoms with E-state index in [2.05, 4.69) is 29.9 Å². The minimum atomic E-state index is -0.139. The van der Waals surface area contributed by atoms with Crippen LogP contribution in [0.3, 0.4) is 0 Å². The molecular weight excluding hydrogens is 252 g/mol. The van der Waals surface area contributed by atoms with E-state index in [1.165, 1.54) is 0 Å². The fraction of sp³-hybridized carbons (Fsp3) is 0.312. The number of aromatic nitrogens is 2. The lowest BCUT2D eigenvalue weighted by Crippen LogP contribution is -2.03. The summed E-state index contributed by atoms with van der Waals surface area (Å²) < 4.78 is 7.60. The second-order valence-corrected chi connectivity index (χ2v) is 4.38. The summed E-state index contributed by atoms with van der Waals surface area (Å²) in [7, 11) is 1.92. The van der Waals surface area contributed by atoms with Gasteiger partial charge in [0.2, 0.25) is 0 Å². The Morgan fingerprint density at radius 3 is 2.90 bits per heavy atom. The fourth-order valence-electron chi connectivity index (χ4n) is 1.84. The third-order valence-corrected chi connectivity index (χ3v) is 2.92. The number of hydrogen-bond donors (Lipinski definition) is 1. The maximum Gasteiger partial charge on any atom is 0.130 e. The number of ether oxygens (including phenoxy) is 1. The number of aryl methyl sites for hydroxylation is 2. The van der Waals surface area contributed by atoms with Gasteiger partial charge in [0.25, 0.3) is 0 Å². The van der Waals surface area contributed by atoms with Gasteiger partial charge in [0, 0.05) is 12.6 Å². The van der Waals surface area contributed by atoms with Crippen LogP contribution in [0.2, 0.25) is 0 Å². The summed E-state index contributed by atoms with van der Waals surface area (Å²) in [6.07, 6.45) is 0.917. The Hall–Kier alpha value is -2.25. The molecule has 1 aromatic carbocycles. The lowest BCUT2D eigenvalue weighted by atomic mass is 10.2. The van der Waals surface area contributed by atoms with Crippen LogP contribution < -0.4 is 4.74 Å². The minimum absolute atomic E-state index is 0.139. The van der Waals surface area contributed by atoms with Crippen LogP contribution in [-0.2, 0) is 20.1 Å². The highest BCUT2D eigenvalue weighted by Gasteiger charge is 2.04. The molecule has 4 heteroatoms. The lowest BCUT2D eigenvalue weighted by molar-refractivity contribution is 0.295. The van der Waals surface area contributed by atoms with Gasteiger partial charge in [-0.05, 0) is 30.7 Å². The third kappa shape index (κ3) is 3.62. The van der Waals surface area contributed by atoms with Gasteiger partial charge in [-0.15, -0.1) is 0 Å². The Labute approximate surface area is 119 Å². The summed E-state index contributed by atoms with van der Waals surface area (Å²) in [5.41, 5.74) is 2.93. The first kappa shape index (κ1) is 14.2. The summed E-state index contributed by atoms with van der Waals surface area (Å²) in [5, 5.41) is 13.1. The highest BCUT2D eigenvalue weighted by molar-refractivity contribution is 5.39. The molecule has 20 heavy (non-hydrogen) atoms. The Balaban J connectivity index is 2.04. The molecule has 0 amide bonds. The van der Waals surface area contributed by atoms with Crippen molar-refractivity contribution in [1.82, 2.24) is 9.78 Å². The van der Waals surface area contributed by atoms with Crippen molar-refractivity contribution in [2.75, 3.05) is 6.61 Å². The van der Waals surface area contributed by atoms with Gasteiger partial charge in [0.15, 0.2) is 0 Å². The molecule has 2 rings (SSSR count). The topological polar surface area (TPSA) is 47.3 Å². The Morgan fingerprint density at radius 1 is 1.35 bits per heavy atom. The van der Waals surface area contributed by atoms with Crippen LogP contribution in [0.1, 0.15) is 23.9 Å². The molecule has 1 aromatic heterocycles. The van der Waals surface area contributed by atoms with Crippen molar-refractivity contribution in [1.29, 1.82) is 0 Å². The molecule has 0 unspecified atom stereocenters. The SMILES string of the molecule is CCc1cc(COc2cccc(C#CCO)c2)n(C)n1. The second-order valence-electron chi connectivity index (χ2n) is 4.38. The van der Waals surface area contributed by atoms with E-state index in [9.17, 15) is 0 Å². The van der Waals surface area contributed by atoms with Gasteiger partial charge in [-0.25, -0.2) is 0 Å². The summed E-state index contributed by atoms with van der Waals surface area (Å²) in [5.74, 6) is 6.24. The number of hydrogen-bond acceptors (Lipinski definition) is 3. The molecule has 0 aliphatic carbocycles. The van der Waals surface area contributed by atoms with Crippen LogP contribution in [0.4, 0.5) is 0 Å². The number of aliphatic hydroxyl groups is 1. The van der Waals surface area contributed by atoms with Gasteiger partial charge >= 0.3 is 0 Å². The highest BCUT2D eigenvalue weighted by Crippen LogP contribution is 2.15. The first-order valence-corrected chi connectivity index (χ1v) is 6.57. The molecular formula is C16H18N2O2. The van der Waals surface area contributed by atoms with Gasteiger partial charge in [-0.2, -0.15) is 5.10 Å². The summed E-state index contributed by atoms with van der Waals surface area (Å²) in [4.78, 5) is 0. The predicted octanol–water partition coefficient (Wildman–Crippen LogP) is 1.91. The first-order valence-electron chi connectivity index (χ1n) is 6.57. The number of aliphatic hydroxyl groups excluding tert-OH is 1. The molecule has 0 spiro atoms. The molecule has 0 aliphatic rings. The normalized spacial score (nSPS) is 9.95. The predicted molar refractivity (Wildman–Crippen MR) is 77.3 cm³/mol. The summed E-state index contributed by atoms with van der Waals surface area (Å²) in [6.45, 7) is 2.41. The number of rotatable bonds is 4. The molecule has 0 bridgehead atoms. The van der Waals surface area contributed by atoms with Crippen molar-refractivity contribution in [3.63, 3.8) is 0 Å². The molecule has 1 N–H and O–H groups in total. The van der Waals surface area contributed by atoms with E-state index in [0.29, 0.717) is 6.61 Å². The van der Waals surface area contributed by atoms with E-state index >= 15 is 0 Å². The van der Waals surface area contributed by atoms with E-state index in [1.54, 1.807) is 0 Å². The zero-order chi connectivity index (χ0) is 14.4. The van der Waals surface area contributed by atoms with Crippen molar-refractivity contribution in [2.45, 2.75) is 20.0 Å². The zero-order valence-electron chi connectivity index (χ0n) is 11.8. The van der Waals surface area contributed by atoms with Gasteiger partial charge < -0.3 is 9.84 Å². The van der Waals surface area contributed by atoms with Crippen LogP contribution >= 0.6 is 0 Å². The Bertz CT molecular complexity index is 635. The fourth-order valence-corrected chi connectivity index (χ4v) is 1.84. The van der Waals surface area contributed by atoms with E-state index in [4.69, 9.17) is 9.84 Å². The molecule has 104 valence electrons. The molecule has 0 atom stereocenters. The van der Waals surface area contributed by atoms with Gasteiger partial charge in [0.1, 0.15) is 19.0 Å². The molecule has 0 aliphatic heterocycles. The van der Waals surface area contributed by atoms with Crippen LogP contribution in [0.15, 0.2) is 30.3 Å². The second kappa shape index (κ2) is 6.78. The van der Waals surface area contributed by atoms with Crippen molar-refractivity contribution in [3.8, 4) is 17.6 Å². The highest BCUT2D eigenvalue weighted by atomic mass is 16.5. The van der Waals surface area contributed by atoms with E-state index < -0.39 is 0 Å². The Kier molecular flexibility index (Phi) is 4.80. The molecule has 1 heterocycles. The zero-order valence-corrected chi connectivity index (χ0v) is 11.8. The van der Waals surface area contributed by atoms with Crippen molar-refractivity contribution in [3.05, 3.63) is 47.3 Å². The Morgan fingerprint density at radius 2 is 2.20 bits per heavy atom. The van der Waals surface area contributed by atoms with Gasteiger partial charge in [-0.1, -0.05) is 24.8 Å². The third-order valence-electron chi connectivity index (χ3n) is 2.92. The van der Waals surface area contributed by atoms with Crippen LogP contribution in [0, 0.1) is 11.8 Å². The van der Waals surface area contributed by atoms with E-state index in [-0.39, 0.29) is 6.61 Å². The van der Waals surface area contributed by atoms with Crippen molar-refractivity contribution >= 4 is 0 Å². The van der Waals surface area contributed by atoms with Crippen LogP contribution in [-0.4, -0.2) is 21.5 Å². The largest absolute Gasteiger partial charge is 0.487 e. The standard InChI is InChI=1S/C16H18N2O2/c1-3-14-11-15(18(2)17-14)12-20-16-8-4-6-13(10-16)7-5-9-19/h4,6,8,10-11,19H,3,9,12H2,1-2H3. The average Bonchev–Trinajstić information content (AvgIpc) is 2.84. The molecule has 0 saturated carbocycles. The monoisotopic (exact) mass is 270 g/mol. The number of nitrogens with zero attached hydrogens (tertiary/aromatic N) is 2. The number of benzene rings is 1. The maximum absolute atomic E-state index is 8.69. The molecule has 0 radical (unpaired) electrons. The summed E-state index contributed by atoms with van der Waals surface area (Å²) >= 11 is 0. The van der Waals surface area contributed by atoms with Gasteiger partial charge in [0.05, 0.1) is 11.4 Å². The first-order chi connectivity index (χ1) is 9.72. The van der Waals surface area contributed by atoms with Crippen LogP contribution in [0.5, 0.6) is 5.75 Å². The van der Waals surface area contributed by atoms with Gasteiger partial charge in [-0.3, -0.25) is 4.68 Å². The quantitative estimate of drug-likeness (QED) is 0.863. The maximum atomic E-state index is 8.69. The van der Waals surface area contributed by atoms with E-state index in [1.807, 2.05) is 36.0 Å².